The van der Waals surface area contributed by atoms with Crippen molar-refractivity contribution in [3.8, 4) is 17.6 Å². The van der Waals surface area contributed by atoms with E-state index in [1.807, 2.05) is 6.92 Å². The molecule has 1 atom stereocenters. The average molecular weight is 426 g/mol. The van der Waals surface area contributed by atoms with Gasteiger partial charge in [-0.25, -0.2) is 0 Å². The number of anilines is 2. The molecule has 1 aromatic carbocycles. The minimum atomic E-state index is -0.337. The zero-order valence-corrected chi connectivity index (χ0v) is 17.3. The predicted octanol–water partition coefficient (Wildman–Crippen LogP) is 3.03. The topological polar surface area (TPSA) is 104 Å². The van der Waals surface area contributed by atoms with Crippen LogP contribution in [0, 0.1) is 17.2 Å². The van der Waals surface area contributed by atoms with Crippen LogP contribution in [-0.4, -0.2) is 42.6 Å². The third-order valence-electron chi connectivity index (χ3n) is 5.49. The largest absolute Gasteiger partial charge is 0.454 e. The molecular weight excluding hydrogens is 404 g/mol. The first-order valence-electron chi connectivity index (χ1n) is 9.78. The Kier molecular flexibility index (Phi) is 5.88. The summed E-state index contributed by atoms with van der Waals surface area (Å²) in [5.41, 5.74) is 1.16. The van der Waals surface area contributed by atoms with Gasteiger partial charge in [-0.15, -0.1) is 11.3 Å². The van der Waals surface area contributed by atoms with Gasteiger partial charge in [-0.3, -0.25) is 14.5 Å². The van der Waals surface area contributed by atoms with Crippen LogP contribution in [0.4, 0.5) is 10.7 Å². The van der Waals surface area contributed by atoms with Crippen molar-refractivity contribution in [2.24, 2.45) is 5.92 Å². The molecule has 30 heavy (non-hydrogen) atoms. The zero-order valence-electron chi connectivity index (χ0n) is 16.5. The van der Waals surface area contributed by atoms with Crippen molar-refractivity contribution in [2.45, 2.75) is 25.8 Å². The number of fused-ring (bicyclic) bond motifs is 1. The minimum absolute atomic E-state index is 0.0251. The van der Waals surface area contributed by atoms with E-state index in [1.54, 1.807) is 29.6 Å². The Hall–Kier alpha value is -3.09. The first-order chi connectivity index (χ1) is 14.5. The van der Waals surface area contributed by atoms with Crippen molar-refractivity contribution >= 4 is 33.8 Å². The second kappa shape index (κ2) is 8.73. The molecule has 2 amide bonds. The van der Waals surface area contributed by atoms with Crippen molar-refractivity contribution in [2.75, 3.05) is 30.5 Å². The second-order valence-corrected chi connectivity index (χ2v) is 8.22. The molecule has 156 valence electrons. The molecule has 0 unspecified atom stereocenters. The minimum Gasteiger partial charge on any atom is -0.454 e. The molecule has 2 N–H and O–H groups in total. The lowest BCUT2D eigenvalue weighted by atomic mass is 9.94. The normalized spacial score (nSPS) is 17.2. The lowest BCUT2D eigenvalue weighted by molar-refractivity contribution is -0.123. The monoisotopic (exact) mass is 426 g/mol. The maximum absolute atomic E-state index is 12.7. The number of benzene rings is 1. The summed E-state index contributed by atoms with van der Waals surface area (Å²) in [6.07, 6.45) is 1.35. The summed E-state index contributed by atoms with van der Waals surface area (Å²) in [6.45, 7) is 3.36. The van der Waals surface area contributed by atoms with E-state index in [4.69, 9.17) is 14.7 Å². The van der Waals surface area contributed by atoms with E-state index < -0.39 is 0 Å². The van der Waals surface area contributed by atoms with E-state index in [0.29, 0.717) is 53.7 Å². The molecule has 2 aliphatic rings. The van der Waals surface area contributed by atoms with Crippen molar-refractivity contribution in [1.29, 1.82) is 5.26 Å². The fourth-order valence-corrected chi connectivity index (χ4v) is 4.38. The molecule has 0 radical (unpaired) electrons. The van der Waals surface area contributed by atoms with Crippen molar-refractivity contribution in [3.05, 3.63) is 35.2 Å². The number of ether oxygens (including phenoxy) is 2. The van der Waals surface area contributed by atoms with Gasteiger partial charge in [0.05, 0.1) is 11.6 Å². The summed E-state index contributed by atoms with van der Waals surface area (Å²) in [7, 11) is 0. The van der Waals surface area contributed by atoms with Crippen molar-refractivity contribution in [1.82, 2.24) is 4.90 Å². The maximum atomic E-state index is 12.7. The number of carbonyl (C=O) groups is 2. The Morgan fingerprint density at radius 1 is 1.20 bits per heavy atom. The van der Waals surface area contributed by atoms with E-state index in [9.17, 15) is 9.59 Å². The Bertz CT molecular complexity index is 991. The smallest absolute Gasteiger partial charge is 0.242 e. The third kappa shape index (κ3) is 4.25. The number of piperidine rings is 1. The molecule has 0 aliphatic carbocycles. The van der Waals surface area contributed by atoms with Crippen LogP contribution in [0.25, 0.3) is 0 Å². The Morgan fingerprint density at radius 2 is 1.97 bits per heavy atom. The van der Waals surface area contributed by atoms with Crippen LogP contribution in [0.5, 0.6) is 11.5 Å². The van der Waals surface area contributed by atoms with Gasteiger partial charge in [0.2, 0.25) is 18.6 Å². The number of thiophene rings is 1. The van der Waals surface area contributed by atoms with Gasteiger partial charge in [0.25, 0.3) is 0 Å². The fraction of sp³-hybridized carbons (Fsp3) is 0.381. The summed E-state index contributed by atoms with van der Waals surface area (Å²) in [4.78, 5) is 27.3. The number of nitriles is 1. The number of hydrogen-bond donors (Lipinski definition) is 2. The molecule has 0 saturated carbocycles. The molecule has 0 bridgehead atoms. The molecule has 0 spiro atoms. The van der Waals surface area contributed by atoms with Gasteiger partial charge in [0.1, 0.15) is 11.1 Å². The summed E-state index contributed by atoms with van der Waals surface area (Å²) < 4.78 is 10.6. The van der Waals surface area contributed by atoms with Crippen LogP contribution in [0.3, 0.4) is 0 Å². The highest BCUT2D eigenvalue weighted by molar-refractivity contribution is 7.14. The third-order valence-corrected chi connectivity index (χ3v) is 6.32. The quantitative estimate of drug-likeness (QED) is 0.762. The van der Waals surface area contributed by atoms with Crippen LogP contribution in [-0.2, 0) is 9.59 Å². The number of hydrogen-bond acceptors (Lipinski definition) is 7. The van der Waals surface area contributed by atoms with Crippen LogP contribution >= 0.6 is 11.3 Å². The first-order valence-corrected chi connectivity index (χ1v) is 10.7. The zero-order chi connectivity index (χ0) is 21.1. The predicted molar refractivity (Wildman–Crippen MR) is 113 cm³/mol. The highest BCUT2D eigenvalue weighted by atomic mass is 32.1. The van der Waals surface area contributed by atoms with Gasteiger partial charge in [0, 0.05) is 17.7 Å². The Labute approximate surface area is 178 Å². The van der Waals surface area contributed by atoms with Gasteiger partial charge in [-0.05, 0) is 56.4 Å². The molecule has 8 nitrogen and oxygen atoms in total. The number of rotatable bonds is 5. The molecule has 1 aromatic heterocycles. The van der Waals surface area contributed by atoms with E-state index in [1.165, 1.54) is 11.3 Å². The van der Waals surface area contributed by atoms with Crippen LogP contribution in [0.1, 0.15) is 25.3 Å². The summed E-state index contributed by atoms with van der Waals surface area (Å²) >= 11 is 1.34. The molecule has 3 heterocycles. The Balaban J connectivity index is 1.28. The molecule has 2 aromatic rings. The first kappa shape index (κ1) is 20.2. The van der Waals surface area contributed by atoms with Crippen LogP contribution in [0.15, 0.2) is 29.6 Å². The number of amides is 2. The summed E-state index contributed by atoms with van der Waals surface area (Å²) in [5, 5.41) is 17.2. The molecule has 2 aliphatic heterocycles. The number of nitrogens with one attached hydrogen (secondary N) is 2. The van der Waals surface area contributed by atoms with E-state index >= 15 is 0 Å². The highest BCUT2D eigenvalue weighted by Gasteiger charge is 2.30. The Morgan fingerprint density at radius 3 is 2.73 bits per heavy atom. The number of likely N-dealkylation sites (tertiary alicyclic amines) is 1. The maximum Gasteiger partial charge on any atom is 0.242 e. The summed E-state index contributed by atoms with van der Waals surface area (Å²) in [5.74, 6) is 1.04. The molecular formula is C21H22N4O4S. The lowest BCUT2D eigenvalue weighted by Gasteiger charge is -2.34. The van der Waals surface area contributed by atoms with Gasteiger partial charge in [-0.1, -0.05) is 0 Å². The van der Waals surface area contributed by atoms with Crippen LogP contribution < -0.4 is 20.1 Å². The van der Waals surface area contributed by atoms with Gasteiger partial charge in [0.15, 0.2) is 11.5 Å². The molecule has 4 rings (SSSR count). The van der Waals surface area contributed by atoms with Crippen molar-refractivity contribution in [3.63, 3.8) is 0 Å². The van der Waals surface area contributed by atoms with Crippen molar-refractivity contribution < 1.29 is 19.1 Å². The second-order valence-electron chi connectivity index (χ2n) is 7.31. The average Bonchev–Trinajstić information content (AvgIpc) is 3.41. The van der Waals surface area contributed by atoms with E-state index in [2.05, 4.69) is 21.6 Å². The molecule has 1 fully saturated rings. The van der Waals surface area contributed by atoms with Gasteiger partial charge < -0.3 is 20.1 Å². The standard InChI is InChI=1S/C21H22N4O4S/c1-13(19(26)24-21-15(11-22)6-9-30-21)25-7-4-14(5-8-25)20(27)23-16-2-3-17-18(10-16)29-12-28-17/h2-3,6,9-10,13-14H,4-5,7-8,12H2,1H3,(H,23,27)(H,24,26)/t13-/m1/s1. The molecule has 1 saturated heterocycles. The molecule has 9 heteroatoms. The fourth-order valence-electron chi connectivity index (χ4n) is 3.64. The SMILES string of the molecule is C[C@H](C(=O)Nc1sccc1C#N)N1CCC(C(=O)Nc2ccc3c(c2)OCO3)CC1. The van der Waals surface area contributed by atoms with E-state index in [-0.39, 0.29) is 30.6 Å². The van der Waals surface area contributed by atoms with E-state index in [0.717, 1.165) is 0 Å². The lowest BCUT2D eigenvalue weighted by Crippen LogP contribution is -2.47. The highest BCUT2D eigenvalue weighted by Crippen LogP contribution is 2.34. The number of carbonyl (C=O) groups excluding carboxylic acids is 2. The summed E-state index contributed by atoms with van der Waals surface area (Å²) in [6, 6.07) is 8.78. The van der Waals surface area contributed by atoms with Crippen LogP contribution in [0.2, 0.25) is 0 Å². The number of nitrogens with zero attached hydrogens (tertiary/aromatic N) is 2. The van der Waals surface area contributed by atoms with Gasteiger partial charge >= 0.3 is 0 Å². The van der Waals surface area contributed by atoms with Gasteiger partial charge in [-0.2, -0.15) is 5.26 Å².